The first-order chi connectivity index (χ1) is 8.08. The highest BCUT2D eigenvalue weighted by molar-refractivity contribution is 9.10. The van der Waals surface area contributed by atoms with Crippen molar-refractivity contribution >= 4 is 33.3 Å². The van der Waals surface area contributed by atoms with Crippen molar-refractivity contribution in [3.63, 3.8) is 0 Å². The number of rotatable bonds is 2. The molecular formula is C12H17BrClN3. The van der Waals surface area contributed by atoms with Crippen molar-refractivity contribution in [2.45, 2.75) is 18.9 Å². The molecule has 17 heavy (non-hydrogen) atoms. The lowest BCUT2D eigenvalue weighted by Gasteiger charge is -2.36. The van der Waals surface area contributed by atoms with Crippen molar-refractivity contribution in [3.8, 4) is 0 Å². The fourth-order valence-corrected chi connectivity index (χ4v) is 3.06. The van der Waals surface area contributed by atoms with E-state index in [9.17, 15) is 0 Å². The highest BCUT2D eigenvalue weighted by Gasteiger charge is 2.23. The minimum Gasteiger partial charge on any atom is -0.354 e. The molecule has 0 saturated carbocycles. The highest BCUT2D eigenvalue weighted by atomic mass is 79.9. The fraction of sp³-hybridized carbons (Fsp3) is 0.583. The SMILES string of the molecule is CN1CCCC(N(C)c2ncc(Br)cc2Cl)C1. The second-order valence-electron chi connectivity index (χ2n) is 4.63. The molecule has 1 atom stereocenters. The molecule has 0 aliphatic carbocycles. The maximum atomic E-state index is 6.23. The molecule has 0 radical (unpaired) electrons. The topological polar surface area (TPSA) is 19.4 Å². The maximum absolute atomic E-state index is 6.23. The van der Waals surface area contributed by atoms with E-state index < -0.39 is 0 Å². The van der Waals surface area contributed by atoms with E-state index >= 15 is 0 Å². The van der Waals surface area contributed by atoms with Gasteiger partial charge in [0.2, 0.25) is 0 Å². The molecule has 1 aliphatic rings. The highest BCUT2D eigenvalue weighted by Crippen LogP contribution is 2.28. The standard InChI is InChI=1S/C12H17BrClN3/c1-16-5-3-4-10(8-16)17(2)12-11(14)6-9(13)7-15-12/h6-7,10H,3-5,8H2,1-2H3. The van der Waals surface area contributed by atoms with Crippen LogP contribution in [0.2, 0.25) is 5.02 Å². The molecule has 2 rings (SSSR count). The Bertz CT molecular complexity index is 399. The zero-order valence-corrected chi connectivity index (χ0v) is 12.5. The zero-order valence-electron chi connectivity index (χ0n) is 10.2. The molecule has 1 fully saturated rings. The monoisotopic (exact) mass is 317 g/mol. The summed E-state index contributed by atoms with van der Waals surface area (Å²) in [5.74, 6) is 0.871. The maximum Gasteiger partial charge on any atom is 0.147 e. The van der Waals surface area contributed by atoms with E-state index in [0.717, 1.165) is 16.8 Å². The summed E-state index contributed by atoms with van der Waals surface area (Å²) in [6, 6.07) is 2.40. The lowest BCUT2D eigenvalue weighted by molar-refractivity contribution is 0.247. The van der Waals surface area contributed by atoms with Crippen LogP contribution in [0, 0.1) is 0 Å². The van der Waals surface area contributed by atoms with E-state index in [0.29, 0.717) is 11.1 Å². The number of halogens is 2. The van der Waals surface area contributed by atoms with Gasteiger partial charge < -0.3 is 9.80 Å². The van der Waals surface area contributed by atoms with E-state index in [-0.39, 0.29) is 0 Å². The summed E-state index contributed by atoms with van der Waals surface area (Å²) < 4.78 is 0.917. The van der Waals surface area contributed by atoms with E-state index in [4.69, 9.17) is 11.6 Å². The van der Waals surface area contributed by atoms with Crippen LogP contribution in [0.25, 0.3) is 0 Å². The van der Waals surface area contributed by atoms with Crippen molar-refractivity contribution in [2.75, 3.05) is 32.1 Å². The number of nitrogens with zero attached hydrogens (tertiary/aromatic N) is 3. The van der Waals surface area contributed by atoms with Crippen LogP contribution in [0.15, 0.2) is 16.7 Å². The number of hydrogen-bond acceptors (Lipinski definition) is 3. The molecule has 1 unspecified atom stereocenters. The summed E-state index contributed by atoms with van der Waals surface area (Å²) in [4.78, 5) is 8.96. The lowest BCUT2D eigenvalue weighted by atomic mass is 10.1. The number of likely N-dealkylation sites (tertiary alicyclic amines) is 1. The van der Waals surface area contributed by atoms with Crippen LogP contribution in [0.1, 0.15) is 12.8 Å². The Morgan fingerprint density at radius 1 is 1.59 bits per heavy atom. The van der Waals surface area contributed by atoms with Gasteiger partial charge in [-0.3, -0.25) is 0 Å². The van der Waals surface area contributed by atoms with Crippen LogP contribution in [0.3, 0.4) is 0 Å². The summed E-state index contributed by atoms with van der Waals surface area (Å²) in [6.07, 6.45) is 4.23. The summed E-state index contributed by atoms with van der Waals surface area (Å²) >= 11 is 9.61. The molecule has 0 aromatic carbocycles. The Morgan fingerprint density at radius 3 is 3.00 bits per heavy atom. The van der Waals surface area contributed by atoms with Crippen molar-refractivity contribution < 1.29 is 0 Å². The number of aromatic nitrogens is 1. The first-order valence-corrected chi connectivity index (χ1v) is 6.97. The fourth-order valence-electron chi connectivity index (χ4n) is 2.30. The van der Waals surface area contributed by atoms with Crippen LogP contribution in [-0.4, -0.2) is 43.1 Å². The number of pyridine rings is 1. The largest absolute Gasteiger partial charge is 0.354 e. The molecule has 1 aliphatic heterocycles. The van der Waals surface area contributed by atoms with Crippen LogP contribution >= 0.6 is 27.5 Å². The van der Waals surface area contributed by atoms with Gasteiger partial charge in [0.1, 0.15) is 5.82 Å². The molecule has 94 valence electrons. The van der Waals surface area contributed by atoms with Gasteiger partial charge in [-0.25, -0.2) is 4.98 Å². The van der Waals surface area contributed by atoms with Crippen LogP contribution in [0.4, 0.5) is 5.82 Å². The second kappa shape index (κ2) is 5.55. The van der Waals surface area contributed by atoms with Gasteiger partial charge in [-0.2, -0.15) is 0 Å². The van der Waals surface area contributed by atoms with E-state index in [1.807, 2.05) is 6.07 Å². The number of anilines is 1. The average Bonchev–Trinajstić information content (AvgIpc) is 2.28. The Kier molecular flexibility index (Phi) is 4.28. The molecule has 5 heteroatoms. The van der Waals surface area contributed by atoms with Crippen LogP contribution in [-0.2, 0) is 0 Å². The molecule has 1 aromatic rings. The van der Waals surface area contributed by atoms with Gasteiger partial charge in [-0.05, 0) is 48.4 Å². The summed E-state index contributed by atoms with van der Waals surface area (Å²) in [6.45, 7) is 2.26. The minimum absolute atomic E-state index is 0.500. The smallest absolute Gasteiger partial charge is 0.147 e. The number of piperidine rings is 1. The number of hydrogen-bond donors (Lipinski definition) is 0. The molecule has 0 spiro atoms. The minimum atomic E-state index is 0.500. The van der Waals surface area contributed by atoms with Crippen LogP contribution < -0.4 is 4.90 Å². The Balaban J connectivity index is 2.15. The van der Waals surface area contributed by atoms with E-state index in [1.165, 1.54) is 19.4 Å². The second-order valence-corrected chi connectivity index (χ2v) is 5.95. The van der Waals surface area contributed by atoms with Gasteiger partial charge in [0.25, 0.3) is 0 Å². The predicted molar refractivity (Wildman–Crippen MR) is 75.9 cm³/mol. The van der Waals surface area contributed by atoms with E-state index in [2.05, 4.69) is 44.8 Å². The summed E-state index contributed by atoms with van der Waals surface area (Å²) in [7, 11) is 4.24. The third-order valence-corrected chi connectivity index (χ3v) is 3.98. The zero-order chi connectivity index (χ0) is 12.4. The van der Waals surface area contributed by atoms with Crippen LogP contribution in [0.5, 0.6) is 0 Å². The van der Waals surface area contributed by atoms with E-state index in [1.54, 1.807) is 6.20 Å². The van der Waals surface area contributed by atoms with Gasteiger partial charge >= 0.3 is 0 Å². The van der Waals surface area contributed by atoms with Crippen molar-refractivity contribution in [2.24, 2.45) is 0 Å². The molecule has 0 N–H and O–H groups in total. The molecular weight excluding hydrogens is 302 g/mol. The lowest BCUT2D eigenvalue weighted by Crippen LogP contribution is -2.45. The summed E-state index contributed by atoms with van der Waals surface area (Å²) in [5.41, 5.74) is 0. The Hall–Kier alpha value is -0.320. The van der Waals surface area contributed by atoms with Crippen molar-refractivity contribution in [1.82, 2.24) is 9.88 Å². The summed E-state index contributed by atoms with van der Waals surface area (Å²) in [5, 5.41) is 0.704. The van der Waals surface area contributed by atoms with Crippen molar-refractivity contribution in [3.05, 3.63) is 21.8 Å². The third kappa shape index (κ3) is 3.12. The molecule has 0 amide bonds. The molecule has 1 saturated heterocycles. The van der Waals surface area contributed by atoms with Crippen molar-refractivity contribution in [1.29, 1.82) is 0 Å². The molecule has 1 aromatic heterocycles. The molecule has 0 bridgehead atoms. The normalized spacial score (nSPS) is 21.5. The third-order valence-electron chi connectivity index (χ3n) is 3.27. The first-order valence-electron chi connectivity index (χ1n) is 5.80. The average molecular weight is 319 g/mol. The first kappa shape index (κ1) is 13.1. The molecule has 3 nitrogen and oxygen atoms in total. The van der Waals surface area contributed by atoms with Gasteiger partial charge in [0.05, 0.1) is 5.02 Å². The molecule has 2 heterocycles. The Labute approximate surface area is 116 Å². The quantitative estimate of drug-likeness (QED) is 0.835. The van der Waals surface area contributed by atoms with Gasteiger partial charge in [0, 0.05) is 30.3 Å². The van der Waals surface area contributed by atoms with Gasteiger partial charge in [-0.1, -0.05) is 11.6 Å². The predicted octanol–water partition coefficient (Wildman–Crippen LogP) is 3.03. The Morgan fingerprint density at radius 2 is 2.35 bits per heavy atom. The number of likely N-dealkylation sites (N-methyl/N-ethyl adjacent to an activating group) is 2. The van der Waals surface area contributed by atoms with Gasteiger partial charge in [0.15, 0.2) is 0 Å². The van der Waals surface area contributed by atoms with Gasteiger partial charge in [-0.15, -0.1) is 0 Å².